The lowest BCUT2D eigenvalue weighted by molar-refractivity contribution is -0.118. The highest BCUT2D eigenvalue weighted by Gasteiger charge is 2.65. The number of nitrogens with one attached hydrogen (secondary N) is 2. The molecule has 1 aliphatic carbocycles. The molecule has 1 saturated heterocycles. The van der Waals surface area contributed by atoms with Gasteiger partial charge < -0.3 is 15.1 Å². The summed E-state index contributed by atoms with van der Waals surface area (Å²) in [5.74, 6) is 1.33. The van der Waals surface area contributed by atoms with Gasteiger partial charge in [0.05, 0.1) is 10.9 Å². The van der Waals surface area contributed by atoms with Crippen molar-refractivity contribution in [3.8, 4) is 11.3 Å². The number of amides is 1. The van der Waals surface area contributed by atoms with Crippen molar-refractivity contribution in [3.63, 3.8) is 0 Å². The number of nitrogens with zero attached hydrogens (tertiary/aromatic N) is 4. The van der Waals surface area contributed by atoms with Crippen LogP contribution in [0.3, 0.4) is 0 Å². The molecule has 4 heterocycles. The normalized spacial score (nSPS) is 23.7. The molecule has 4 aromatic rings. The van der Waals surface area contributed by atoms with Gasteiger partial charge in [-0.05, 0) is 55.8 Å². The Morgan fingerprint density at radius 3 is 2.69 bits per heavy atom. The Morgan fingerprint density at radius 1 is 1.03 bits per heavy atom. The second kappa shape index (κ2) is 7.39. The fourth-order valence-corrected chi connectivity index (χ4v) is 5.93. The summed E-state index contributed by atoms with van der Waals surface area (Å²) in [7, 11) is 2.16. The Kier molecular flexibility index (Phi) is 4.36. The Morgan fingerprint density at radius 2 is 1.89 bits per heavy atom. The van der Waals surface area contributed by atoms with E-state index in [1.165, 1.54) is 11.1 Å². The summed E-state index contributed by atoms with van der Waals surface area (Å²) < 4.78 is 0. The first-order chi connectivity index (χ1) is 17.0. The zero-order chi connectivity index (χ0) is 23.7. The Balaban J connectivity index is 1.17. The van der Waals surface area contributed by atoms with Crippen molar-refractivity contribution < 1.29 is 4.79 Å². The molecular weight excluding hydrogens is 436 g/mol. The second-order valence-electron chi connectivity index (χ2n) is 10.3. The number of carbonyl (C=O) groups is 1. The van der Waals surface area contributed by atoms with Crippen molar-refractivity contribution in [3.05, 3.63) is 71.4 Å². The highest BCUT2D eigenvalue weighted by atomic mass is 16.2. The Labute approximate surface area is 204 Å². The molecule has 2 aliphatic heterocycles. The predicted molar refractivity (Wildman–Crippen MR) is 138 cm³/mol. The highest BCUT2D eigenvalue weighted by molar-refractivity contribution is 6.10. The van der Waals surface area contributed by atoms with E-state index >= 15 is 0 Å². The lowest BCUT2D eigenvalue weighted by Crippen LogP contribution is -2.44. The van der Waals surface area contributed by atoms with Crippen LogP contribution >= 0.6 is 0 Å². The van der Waals surface area contributed by atoms with Crippen LogP contribution in [0.4, 0.5) is 11.5 Å². The van der Waals surface area contributed by atoms with Crippen molar-refractivity contribution in [1.29, 1.82) is 0 Å². The molecule has 1 unspecified atom stereocenters. The smallest absolute Gasteiger partial charge is 0.235 e. The van der Waals surface area contributed by atoms with Crippen molar-refractivity contribution in [2.24, 2.45) is 0 Å². The van der Waals surface area contributed by atoms with Crippen LogP contribution in [0.2, 0.25) is 0 Å². The fraction of sp³-hybridized carbons (Fsp3) is 0.321. The van der Waals surface area contributed by atoms with Crippen LogP contribution in [0.25, 0.3) is 22.2 Å². The molecule has 7 rings (SSSR count). The van der Waals surface area contributed by atoms with Crippen LogP contribution in [0.1, 0.15) is 29.0 Å². The van der Waals surface area contributed by atoms with Gasteiger partial charge in [-0.25, -0.2) is 4.98 Å². The van der Waals surface area contributed by atoms with E-state index in [1.54, 1.807) is 0 Å². The van der Waals surface area contributed by atoms with Crippen molar-refractivity contribution in [1.82, 2.24) is 20.1 Å². The van der Waals surface area contributed by atoms with Gasteiger partial charge in [0.15, 0.2) is 0 Å². The first kappa shape index (κ1) is 20.6. The maximum Gasteiger partial charge on any atom is 0.235 e. The van der Waals surface area contributed by atoms with Gasteiger partial charge in [-0.3, -0.25) is 9.89 Å². The van der Waals surface area contributed by atoms with Crippen molar-refractivity contribution >= 4 is 28.3 Å². The number of fused-ring (bicyclic) bond motifs is 3. The fourth-order valence-electron chi connectivity index (χ4n) is 5.93. The second-order valence-corrected chi connectivity index (χ2v) is 10.3. The molecule has 2 N–H and O–H groups in total. The lowest BCUT2D eigenvalue weighted by Gasteiger charge is -2.33. The Bertz CT molecular complexity index is 1470. The monoisotopic (exact) mass is 464 g/mol. The number of pyridine rings is 1. The van der Waals surface area contributed by atoms with Crippen LogP contribution in [0, 0.1) is 6.92 Å². The number of rotatable bonds is 3. The minimum absolute atomic E-state index is 0.125. The molecule has 1 saturated carbocycles. The zero-order valence-corrected chi connectivity index (χ0v) is 20.0. The molecule has 2 atom stereocenters. The predicted octanol–water partition coefficient (Wildman–Crippen LogP) is 4.06. The number of likely N-dealkylation sites (N-methyl/N-ethyl adjacent to an activating group) is 1. The first-order valence-electron chi connectivity index (χ1n) is 12.3. The van der Waals surface area contributed by atoms with E-state index in [4.69, 9.17) is 4.98 Å². The number of benzene rings is 2. The average Bonchev–Trinajstić information content (AvgIpc) is 3.40. The van der Waals surface area contributed by atoms with Crippen LogP contribution in [0.5, 0.6) is 0 Å². The third kappa shape index (κ3) is 3.11. The summed E-state index contributed by atoms with van der Waals surface area (Å²) in [6.07, 6.45) is 2.77. The molecular formula is C28H28N6O. The average molecular weight is 465 g/mol. The number of carbonyl (C=O) groups excluding carboxylic acids is 1. The molecule has 7 nitrogen and oxygen atoms in total. The number of H-pyrrole nitrogens is 1. The van der Waals surface area contributed by atoms with E-state index < -0.39 is 5.41 Å². The number of aromatic amines is 1. The molecule has 1 amide bonds. The maximum atomic E-state index is 13.0. The SMILES string of the molecule is Cc1ccc2c(c1)[C@]1(CC1c1ccc3c(-c4ccc(N5CCN(C)CC5)nc4)n[nH]c3c1)C(=O)N2. The standard InChI is InChI=1S/C28H28N6O/c1-17-3-7-23-21(13-17)28(27(35)30-23)15-22(28)18-4-6-20-24(14-18)31-32-26(20)19-5-8-25(29-16-19)34-11-9-33(2)10-12-34/h3-8,13-14,16,22H,9-12,15H2,1-2H3,(H,30,35)(H,31,32)/t22?,28-/m0/s1. The van der Waals surface area contributed by atoms with E-state index in [-0.39, 0.29) is 11.8 Å². The summed E-state index contributed by atoms with van der Waals surface area (Å²) in [4.78, 5) is 22.4. The maximum absolute atomic E-state index is 13.0. The zero-order valence-electron chi connectivity index (χ0n) is 20.0. The van der Waals surface area contributed by atoms with Crippen LogP contribution in [-0.2, 0) is 10.2 Å². The summed E-state index contributed by atoms with van der Waals surface area (Å²) in [6.45, 7) is 6.21. The summed E-state index contributed by atoms with van der Waals surface area (Å²) >= 11 is 0. The molecule has 3 aliphatic rings. The summed E-state index contributed by atoms with van der Waals surface area (Å²) in [5.41, 5.74) is 6.95. The minimum Gasteiger partial charge on any atom is -0.354 e. The number of hydrogen-bond acceptors (Lipinski definition) is 5. The van der Waals surface area contributed by atoms with Gasteiger partial charge >= 0.3 is 0 Å². The lowest BCUT2D eigenvalue weighted by atomic mass is 9.91. The van der Waals surface area contributed by atoms with Gasteiger partial charge in [-0.1, -0.05) is 29.8 Å². The number of piperazine rings is 1. The third-order valence-corrected chi connectivity index (χ3v) is 8.11. The van der Waals surface area contributed by atoms with E-state index in [0.717, 1.165) is 71.8 Å². The minimum atomic E-state index is -0.430. The molecule has 2 fully saturated rings. The summed E-state index contributed by atoms with van der Waals surface area (Å²) in [6, 6.07) is 16.9. The molecule has 1 spiro atoms. The van der Waals surface area contributed by atoms with Gasteiger partial charge in [0.2, 0.25) is 5.91 Å². The van der Waals surface area contributed by atoms with E-state index in [9.17, 15) is 4.79 Å². The molecule has 0 bridgehead atoms. The topological polar surface area (TPSA) is 77.2 Å². The highest BCUT2D eigenvalue weighted by Crippen LogP contribution is 2.65. The van der Waals surface area contributed by atoms with Gasteiger partial charge in [0.25, 0.3) is 0 Å². The van der Waals surface area contributed by atoms with Crippen molar-refractivity contribution in [2.75, 3.05) is 43.4 Å². The van der Waals surface area contributed by atoms with Gasteiger partial charge in [-0.15, -0.1) is 0 Å². The van der Waals surface area contributed by atoms with E-state index in [2.05, 4.69) is 81.7 Å². The van der Waals surface area contributed by atoms with Crippen LogP contribution in [0.15, 0.2) is 54.7 Å². The molecule has 176 valence electrons. The quantitative estimate of drug-likeness (QED) is 0.478. The molecule has 35 heavy (non-hydrogen) atoms. The number of hydrogen-bond donors (Lipinski definition) is 2. The third-order valence-electron chi connectivity index (χ3n) is 8.11. The largest absolute Gasteiger partial charge is 0.354 e. The van der Waals surface area contributed by atoms with E-state index in [1.807, 2.05) is 12.3 Å². The first-order valence-corrected chi connectivity index (χ1v) is 12.3. The molecule has 7 heteroatoms. The Hall–Kier alpha value is -3.71. The number of anilines is 2. The van der Waals surface area contributed by atoms with Crippen LogP contribution in [-0.4, -0.2) is 59.2 Å². The molecule has 0 radical (unpaired) electrons. The summed E-state index contributed by atoms with van der Waals surface area (Å²) in [5, 5.41) is 12.0. The van der Waals surface area contributed by atoms with Crippen LogP contribution < -0.4 is 10.2 Å². The molecule has 2 aromatic heterocycles. The number of aromatic nitrogens is 3. The number of aryl methyl sites for hydroxylation is 1. The van der Waals surface area contributed by atoms with Gasteiger partial charge in [0, 0.05) is 54.9 Å². The van der Waals surface area contributed by atoms with Gasteiger partial charge in [-0.2, -0.15) is 5.10 Å². The van der Waals surface area contributed by atoms with Crippen molar-refractivity contribution in [2.45, 2.75) is 24.7 Å². The van der Waals surface area contributed by atoms with Gasteiger partial charge in [0.1, 0.15) is 11.5 Å². The van der Waals surface area contributed by atoms with E-state index in [0.29, 0.717) is 0 Å². The molecule has 2 aromatic carbocycles.